The maximum atomic E-state index is 4.02. The predicted octanol–water partition coefficient (Wildman–Crippen LogP) is 1.85. The van der Waals surface area contributed by atoms with Gasteiger partial charge in [-0.3, -0.25) is 9.88 Å². The summed E-state index contributed by atoms with van der Waals surface area (Å²) in [5.74, 6) is 0. The Morgan fingerprint density at radius 2 is 2.17 bits per heavy atom. The number of hydrogen-bond donors (Lipinski definition) is 0. The molecule has 0 aliphatic carbocycles. The van der Waals surface area contributed by atoms with Gasteiger partial charge in [0.05, 0.1) is 0 Å². The molecule has 2 rings (SSSR count). The second-order valence-corrected chi connectivity index (χ2v) is 3.42. The Kier molecular flexibility index (Phi) is 2.09. The number of rotatable bonds is 1. The first kappa shape index (κ1) is 7.74. The Morgan fingerprint density at radius 3 is 2.75 bits per heavy atom. The van der Waals surface area contributed by atoms with Gasteiger partial charge >= 0.3 is 0 Å². The second kappa shape index (κ2) is 3.23. The van der Waals surface area contributed by atoms with Gasteiger partial charge in [-0.1, -0.05) is 0 Å². The van der Waals surface area contributed by atoms with E-state index in [0.717, 1.165) is 0 Å². The molecule has 2 heterocycles. The standard InChI is InChI=1S/C10H14N2/c1-12-8-2-3-10(12)9-4-6-11-7-5-9/h4-7,10H,2-3,8H2,1H3/t10-/m1/s1. The lowest BCUT2D eigenvalue weighted by Crippen LogP contribution is -2.17. The fourth-order valence-corrected chi connectivity index (χ4v) is 1.92. The summed E-state index contributed by atoms with van der Waals surface area (Å²) in [6.45, 7) is 1.23. The van der Waals surface area contributed by atoms with Crippen molar-refractivity contribution in [1.82, 2.24) is 9.88 Å². The van der Waals surface area contributed by atoms with Gasteiger partial charge in [-0.25, -0.2) is 0 Å². The van der Waals surface area contributed by atoms with E-state index in [1.807, 2.05) is 12.4 Å². The van der Waals surface area contributed by atoms with Crippen LogP contribution in [0.25, 0.3) is 0 Å². The van der Waals surface area contributed by atoms with Crippen molar-refractivity contribution >= 4 is 0 Å². The zero-order valence-corrected chi connectivity index (χ0v) is 7.40. The zero-order valence-electron chi connectivity index (χ0n) is 7.40. The predicted molar refractivity (Wildman–Crippen MR) is 48.8 cm³/mol. The lowest BCUT2D eigenvalue weighted by molar-refractivity contribution is 0.317. The van der Waals surface area contributed by atoms with Crippen molar-refractivity contribution in [3.8, 4) is 0 Å². The summed E-state index contributed by atoms with van der Waals surface area (Å²) < 4.78 is 0. The number of likely N-dealkylation sites (tertiary alicyclic amines) is 1. The molecule has 1 saturated heterocycles. The fourth-order valence-electron chi connectivity index (χ4n) is 1.92. The minimum absolute atomic E-state index is 0.632. The average molecular weight is 162 g/mol. The Bertz CT molecular complexity index is 245. The molecule has 0 spiro atoms. The monoisotopic (exact) mass is 162 g/mol. The molecule has 64 valence electrons. The SMILES string of the molecule is CN1CCC[C@@H]1c1ccncc1. The third-order valence-electron chi connectivity index (χ3n) is 2.61. The van der Waals surface area contributed by atoms with E-state index in [2.05, 4.69) is 29.1 Å². The molecule has 2 heteroatoms. The first-order valence-electron chi connectivity index (χ1n) is 4.48. The number of hydrogen-bond acceptors (Lipinski definition) is 2. The summed E-state index contributed by atoms with van der Waals surface area (Å²) in [7, 11) is 2.19. The molecule has 0 saturated carbocycles. The lowest BCUT2D eigenvalue weighted by atomic mass is 10.1. The topological polar surface area (TPSA) is 16.1 Å². The first-order valence-corrected chi connectivity index (χ1v) is 4.48. The van der Waals surface area contributed by atoms with Gasteiger partial charge in [0.2, 0.25) is 0 Å². The highest BCUT2D eigenvalue weighted by molar-refractivity contribution is 5.15. The van der Waals surface area contributed by atoms with Gasteiger partial charge in [0, 0.05) is 18.4 Å². The van der Waals surface area contributed by atoms with Crippen LogP contribution >= 0.6 is 0 Å². The molecule has 1 aromatic heterocycles. The van der Waals surface area contributed by atoms with Gasteiger partial charge in [0.1, 0.15) is 0 Å². The third kappa shape index (κ3) is 1.34. The van der Waals surface area contributed by atoms with Crippen molar-refractivity contribution in [3.63, 3.8) is 0 Å². The van der Waals surface area contributed by atoms with E-state index in [9.17, 15) is 0 Å². The highest BCUT2D eigenvalue weighted by atomic mass is 15.1. The Hall–Kier alpha value is -0.890. The van der Waals surface area contributed by atoms with E-state index in [0.29, 0.717) is 6.04 Å². The van der Waals surface area contributed by atoms with Crippen molar-refractivity contribution < 1.29 is 0 Å². The zero-order chi connectivity index (χ0) is 8.39. The first-order chi connectivity index (χ1) is 5.88. The minimum atomic E-state index is 0.632. The van der Waals surface area contributed by atoms with Crippen molar-refractivity contribution in [1.29, 1.82) is 0 Å². The summed E-state index contributed by atoms with van der Waals surface area (Å²) in [5.41, 5.74) is 1.41. The summed E-state index contributed by atoms with van der Waals surface area (Å²) in [5, 5.41) is 0. The Labute approximate surface area is 73.2 Å². The Morgan fingerprint density at radius 1 is 1.42 bits per heavy atom. The molecule has 0 radical (unpaired) electrons. The van der Waals surface area contributed by atoms with Crippen LogP contribution in [0.1, 0.15) is 24.4 Å². The number of nitrogens with zero attached hydrogens (tertiary/aromatic N) is 2. The van der Waals surface area contributed by atoms with Gasteiger partial charge in [-0.05, 0) is 44.1 Å². The molecule has 0 N–H and O–H groups in total. The third-order valence-corrected chi connectivity index (χ3v) is 2.61. The van der Waals surface area contributed by atoms with Crippen LogP contribution in [0, 0.1) is 0 Å². The van der Waals surface area contributed by atoms with Crippen LogP contribution in [0.3, 0.4) is 0 Å². The summed E-state index contributed by atoms with van der Waals surface area (Å²) >= 11 is 0. The second-order valence-electron chi connectivity index (χ2n) is 3.42. The van der Waals surface area contributed by atoms with E-state index in [1.165, 1.54) is 24.9 Å². The van der Waals surface area contributed by atoms with Crippen molar-refractivity contribution in [3.05, 3.63) is 30.1 Å². The van der Waals surface area contributed by atoms with E-state index in [-0.39, 0.29) is 0 Å². The van der Waals surface area contributed by atoms with Crippen LogP contribution in [0.5, 0.6) is 0 Å². The van der Waals surface area contributed by atoms with Gasteiger partial charge in [0.15, 0.2) is 0 Å². The van der Waals surface area contributed by atoms with Crippen LogP contribution < -0.4 is 0 Å². The quantitative estimate of drug-likeness (QED) is 0.626. The molecule has 1 aliphatic heterocycles. The van der Waals surface area contributed by atoms with Crippen LogP contribution in [0.4, 0.5) is 0 Å². The van der Waals surface area contributed by atoms with Crippen molar-refractivity contribution in [2.75, 3.05) is 13.6 Å². The molecular weight excluding hydrogens is 148 g/mol. The lowest BCUT2D eigenvalue weighted by Gasteiger charge is -2.19. The van der Waals surface area contributed by atoms with Gasteiger partial charge in [-0.15, -0.1) is 0 Å². The molecule has 0 unspecified atom stereocenters. The number of aromatic nitrogens is 1. The molecule has 0 amide bonds. The maximum absolute atomic E-state index is 4.02. The molecule has 1 aromatic rings. The van der Waals surface area contributed by atoms with Crippen LogP contribution in [0.2, 0.25) is 0 Å². The molecule has 0 aromatic carbocycles. The molecule has 1 aliphatic rings. The molecule has 1 fully saturated rings. The maximum Gasteiger partial charge on any atom is 0.0346 e. The average Bonchev–Trinajstić information content (AvgIpc) is 2.53. The molecule has 2 nitrogen and oxygen atoms in total. The van der Waals surface area contributed by atoms with Gasteiger partial charge in [0.25, 0.3) is 0 Å². The largest absolute Gasteiger partial charge is 0.299 e. The van der Waals surface area contributed by atoms with E-state index in [4.69, 9.17) is 0 Å². The summed E-state index contributed by atoms with van der Waals surface area (Å²) in [4.78, 5) is 6.44. The van der Waals surface area contributed by atoms with E-state index >= 15 is 0 Å². The smallest absolute Gasteiger partial charge is 0.0346 e. The molecule has 12 heavy (non-hydrogen) atoms. The van der Waals surface area contributed by atoms with Gasteiger partial charge in [-0.2, -0.15) is 0 Å². The van der Waals surface area contributed by atoms with E-state index in [1.54, 1.807) is 0 Å². The number of pyridine rings is 1. The Balaban J connectivity index is 2.19. The highest BCUT2D eigenvalue weighted by Gasteiger charge is 2.21. The fraction of sp³-hybridized carbons (Fsp3) is 0.500. The van der Waals surface area contributed by atoms with Crippen molar-refractivity contribution in [2.24, 2.45) is 0 Å². The van der Waals surface area contributed by atoms with Crippen molar-refractivity contribution in [2.45, 2.75) is 18.9 Å². The van der Waals surface area contributed by atoms with Crippen LogP contribution in [-0.4, -0.2) is 23.5 Å². The van der Waals surface area contributed by atoms with E-state index < -0.39 is 0 Å². The van der Waals surface area contributed by atoms with Crippen LogP contribution in [0.15, 0.2) is 24.5 Å². The summed E-state index contributed by atoms with van der Waals surface area (Å²) in [6.07, 6.45) is 6.37. The van der Waals surface area contributed by atoms with Gasteiger partial charge < -0.3 is 0 Å². The minimum Gasteiger partial charge on any atom is -0.299 e. The van der Waals surface area contributed by atoms with Crippen LogP contribution in [-0.2, 0) is 0 Å². The molecular formula is C10H14N2. The summed E-state index contributed by atoms with van der Waals surface area (Å²) in [6, 6.07) is 4.87. The normalized spacial score (nSPS) is 24.6. The highest BCUT2D eigenvalue weighted by Crippen LogP contribution is 2.29. The molecule has 1 atom stereocenters. The molecule has 0 bridgehead atoms.